The normalized spacial score (nSPS) is 26.5. The van der Waals surface area contributed by atoms with Crippen LogP contribution in [0.2, 0.25) is 0 Å². The zero-order valence-corrected chi connectivity index (χ0v) is 9.83. The molecule has 1 spiro atoms. The minimum atomic E-state index is -0.102. The third-order valence-electron chi connectivity index (χ3n) is 3.97. The van der Waals surface area contributed by atoms with E-state index in [2.05, 4.69) is 20.6 Å². The highest BCUT2D eigenvalue weighted by atomic mass is 16.1. The summed E-state index contributed by atoms with van der Waals surface area (Å²) in [7, 11) is 0. The molecule has 1 saturated heterocycles. The lowest BCUT2D eigenvalue weighted by atomic mass is 9.70. The van der Waals surface area contributed by atoms with Crippen LogP contribution in [-0.2, 0) is 0 Å². The summed E-state index contributed by atoms with van der Waals surface area (Å²) in [6, 6.07) is 1.96. The lowest BCUT2D eigenvalue weighted by molar-refractivity contribution is 0.135. The molecule has 1 saturated carbocycles. The van der Waals surface area contributed by atoms with E-state index >= 15 is 0 Å². The molecular weight excluding hydrogens is 216 g/mol. The van der Waals surface area contributed by atoms with E-state index in [1.165, 1.54) is 31.7 Å². The number of aromatic amines is 1. The van der Waals surface area contributed by atoms with E-state index < -0.39 is 0 Å². The lowest BCUT2D eigenvalue weighted by Crippen LogP contribution is -2.58. The first-order valence-electron chi connectivity index (χ1n) is 6.32. The number of nitrogens with one attached hydrogen (secondary N) is 3. The molecule has 5 nitrogen and oxygen atoms in total. The van der Waals surface area contributed by atoms with Crippen LogP contribution in [0.1, 0.15) is 32.1 Å². The van der Waals surface area contributed by atoms with Crippen LogP contribution in [-0.4, -0.2) is 28.1 Å². The summed E-state index contributed by atoms with van der Waals surface area (Å²) in [5.74, 6) is 0.690. The number of nitrogens with zero attached hydrogens (tertiary/aromatic N) is 1. The average Bonchev–Trinajstić information content (AvgIpc) is 2.27. The second-order valence-corrected chi connectivity index (χ2v) is 5.19. The van der Waals surface area contributed by atoms with Crippen molar-refractivity contribution in [1.82, 2.24) is 15.3 Å². The highest BCUT2D eigenvalue weighted by molar-refractivity contribution is 5.33. The fraction of sp³-hybridized carbons (Fsp3) is 0.667. The number of piperidine rings is 1. The molecule has 0 aromatic carbocycles. The molecule has 0 bridgehead atoms. The fourth-order valence-electron chi connectivity index (χ4n) is 2.92. The van der Waals surface area contributed by atoms with Crippen LogP contribution in [0.15, 0.2) is 17.2 Å². The quantitative estimate of drug-likeness (QED) is 0.709. The van der Waals surface area contributed by atoms with Gasteiger partial charge in [0, 0.05) is 17.6 Å². The van der Waals surface area contributed by atoms with E-state index in [-0.39, 0.29) is 5.56 Å². The van der Waals surface area contributed by atoms with Crippen LogP contribution in [0.5, 0.6) is 0 Å². The Morgan fingerprint density at radius 2 is 2.35 bits per heavy atom. The molecule has 3 rings (SSSR count). The summed E-state index contributed by atoms with van der Waals surface area (Å²) < 4.78 is 0. The first-order chi connectivity index (χ1) is 8.26. The predicted octanol–water partition coefficient (Wildman–Crippen LogP) is 0.856. The first-order valence-corrected chi connectivity index (χ1v) is 6.32. The molecule has 0 amide bonds. The summed E-state index contributed by atoms with van der Waals surface area (Å²) in [5.41, 5.74) is 0.270. The topological polar surface area (TPSA) is 69.8 Å². The van der Waals surface area contributed by atoms with E-state index in [9.17, 15) is 4.79 Å². The fourth-order valence-corrected chi connectivity index (χ4v) is 2.92. The van der Waals surface area contributed by atoms with E-state index in [0.29, 0.717) is 17.4 Å². The SMILES string of the molecule is O=c1cc(NC2CCNC3(CCC3)C2)nc[nH]1. The Kier molecular flexibility index (Phi) is 2.63. The van der Waals surface area contributed by atoms with Gasteiger partial charge in [0.25, 0.3) is 5.56 Å². The van der Waals surface area contributed by atoms with Gasteiger partial charge in [0.1, 0.15) is 5.82 Å². The number of hydrogen-bond donors (Lipinski definition) is 3. The monoisotopic (exact) mass is 234 g/mol. The van der Waals surface area contributed by atoms with Crippen molar-refractivity contribution in [2.45, 2.75) is 43.7 Å². The average molecular weight is 234 g/mol. The molecule has 0 radical (unpaired) electrons. The largest absolute Gasteiger partial charge is 0.367 e. The molecule has 1 atom stereocenters. The number of H-pyrrole nitrogens is 1. The van der Waals surface area contributed by atoms with Gasteiger partial charge in [-0.05, 0) is 38.6 Å². The van der Waals surface area contributed by atoms with E-state index in [0.717, 1.165) is 19.4 Å². The Labute approximate surface area is 100 Å². The Morgan fingerprint density at radius 1 is 1.47 bits per heavy atom. The van der Waals surface area contributed by atoms with Crippen molar-refractivity contribution in [3.05, 3.63) is 22.7 Å². The number of aromatic nitrogens is 2. The van der Waals surface area contributed by atoms with Gasteiger partial charge in [0.15, 0.2) is 0 Å². The molecule has 1 aromatic heterocycles. The molecule has 2 aliphatic rings. The van der Waals surface area contributed by atoms with Crippen molar-refractivity contribution in [2.24, 2.45) is 0 Å². The van der Waals surface area contributed by atoms with E-state index in [4.69, 9.17) is 0 Å². The minimum absolute atomic E-state index is 0.102. The van der Waals surface area contributed by atoms with Crippen LogP contribution in [0.3, 0.4) is 0 Å². The molecule has 1 aromatic rings. The van der Waals surface area contributed by atoms with Gasteiger partial charge in [-0.1, -0.05) is 0 Å². The molecule has 17 heavy (non-hydrogen) atoms. The maximum Gasteiger partial charge on any atom is 0.252 e. The van der Waals surface area contributed by atoms with Crippen LogP contribution in [0.25, 0.3) is 0 Å². The van der Waals surface area contributed by atoms with Gasteiger partial charge in [-0.3, -0.25) is 4.79 Å². The van der Waals surface area contributed by atoms with Gasteiger partial charge in [0.05, 0.1) is 6.33 Å². The number of anilines is 1. The number of hydrogen-bond acceptors (Lipinski definition) is 4. The summed E-state index contributed by atoms with van der Waals surface area (Å²) >= 11 is 0. The highest BCUT2D eigenvalue weighted by Crippen LogP contribution is 2.38. The standard InChI is InChI=1S/C12H18N4O/c17-11-6-10(13-8-14-11)16-9-2-5-15-12(7-9)3-1-4-12/h6,8-9,15H,1-5,7H2,(H2,13,14,16,17). The third kappa shape index (κ3) is 2.20. The number of rotatable bonds is 2. The van der Waals surface area contributed by atoms with E-state index in [1.807, 2.05) is 0 Å². The third-order valence-corrected chi connectivity index (χ3v) is 3.97. The molecule has 92 valence electrons. The smallest absolute Gasteiger partial charge is 0.252 e. The summed E-state index contributed by atoms with van der Waals surface area (Å²) in [6.07, 6.45) is 7.59. The predicted molar refractivity (Wildman–Crippen MR) is 66.1 cm³/mol. The van der Waals surface area contributed by atoms with Crippen molar-refractivity contribution >= 4 is 5.82 Å². The molecule has 1 unspecified atom stereocenters. The van der Waals surface area contributed by atoms with Gasteiger partial charge >= 0.3 is 0 Å². The van der Waals surface area contributed by atoms with Gasteiger partial charge in [-0.25, -0.2) is 4.98 Å². The maximum absolute atomic E-state index is 11.2. The lowest BCUT2D eigenvalue weighted by Gasteiger charge is -2.48. The molecule has 3 N–H and O–H groups in total. The van der Waals surface area contributed by atoms with Crippen molar-refractivity contribution < 1.29 is 0 Å². The second kappa shape index (κ2) is 4.14. The van der Waals surface area contributed by atoms with Crippen LogP contribution in [0, 0.1) is 0 Å². The maximum atomic E-state index is 11.2. The van der Waals surface area contributed by atoms with Crippen molar-refractivity contribution in [3.8, 4) is 0 Å². The van der Waals surface area contributed by atoms with Gasteiger partial charge in [0.2, 0.25) is 0 Å². The minimum Gasteiger partial charge on any atom is -0.367 e. The zero-order valence-electron chi connectivity index (χ0n) is 9.83. The van der Waals surface area contributed by atoms with Crippen LogP contribution >= 0.6 is 0 Å². The Morgan fingerprint density at radius 3 is 3.06 bits per heavy atom. The van der Waals surface area contributed by atoms with Crippen LogP contribution in [0.4, 0.5) is 5.82 Å². The van der Waals surface area contributed by atoms with Crippen molar-refractivity contribution in [2.75, 3.05) is 11.9 Å². The summed E-state index contributed by atoms with van der Waals surface area (Å²) in [6.45, 7) is 1.06. The van der Waals surface area contributed by atoms with E-state index in [1.54, 1.807) is 0 Å². The summed E-state index contributed by atoms with van der Waals surface area (Å²) in [4.78, 5) is 17.8. The van der Waals surface area contributed by atoms with Gasteiger partial charge < -0.3 is 15.6 Å². The van der Waals surface area contributed by atoms with Gasteiger partial charge in [-0.15, -0.1) is 0 Å². The van der Waals surface area contributed by atoms with Crippen molar-refractivity contribution in [1.29, 1.82) is 0 Å². The summed E-state index contributed by atoms with van der Waals surface area (Å²) in [5, 5.41) is 7.00. The second-order valence-electron chi connectivity index (χ2n) is 5.19. The molecule has 2 fully saturated rings. The molecule has 1 aliphatic carbocycles. The zero-order chi connectivity index (χ0) is 11.7. The highest BCUT2D eigenvalue weighted by Gasteiger charge is 2.40. The molecule has 1 aliphatic heterocycles. The Balaban J connectivity index is 1.67. The molecular formula is C12H18N4O. The first kappa shape index (κ1) is 10.8. The Bertz CT molecular complexity index is 452. The van der Waals surface area contributed by atoms with Gasteiger partial charge in [-0.2, -0.15) is 0 Å². The van der Waals surface area contributed by atoms with Crippen molar-refractivity contribution in [3.63, 3.8) is 0 Å². The molecule has 5 heteroatoms. The Hall–Kier alpha value is -1.36. The van der Waals surface area contributed by atoms with Crippen LogP contribution < -0.4 is 16.2 Å². The molecule has 2 heterocycles.